The highest BCUT2D eigenvalue weighted by molar-refractivity contribution is 7.89. The van der Waals surface area contributed by atoms with E-state index in [-0.39, 0.29) is 23.5 Å². The number of aryl methyl sites for hydroxylation is 1. The second kappa shape index (κ2) is 8.54. The molecule has 3 rings (SSSR count). The van der Waals surface area contributed by atoms with Crippen LogP contribution in [-0.4, -0.2) is 27.0 Å². The third-order valence-corrected chi connectivity index (χ3v) is 6.14. The lowest BCUT2D eigenvalue weighted by Gasteiger charge is -2.13. The molecule has 1 amide bonds. The molecular formula is C20H24N2O4S. The Labute approximate surface area is 160 Å². The van der Waals surface area contributed by atoms with E-state index >= 15 is 0 Å². The van der Waals surface area contributed by atoms with Crippen molar-refractivity contribution in [3.63, 3.8) is 0 Å². The van der Waals surface area contributed by atoms with Gasteiger partial charge in [-0.15, -0.1) is 0 Å². The summed E-state index contributed by atoms with van der Waals surface area (Å²) in [5.41, 5.74) is 1.71. The van der Waals surface area contributed by atoms with Crippen LogP contribution >= 0.6 is 0 Å². The summed E-state index contributed by atoms with van der Waals surface area (Å²) in [5, 5.41) is 2.79. The monoisotopic (exact) mass is 388 g/mol. The van der Waals surface area contributed by atoms with E-state index in [4.69, 9.17) is 4.74 Å². The number of hydrogen-bond acceptors (Lipinski definition) is 4. The summed E-state index contributed by atoms with van der Waals surface area (Å²) in [6.45, 7) is 1.76. The Hall–Kier alpha value is -2.38. The van der Waals surface area contributed by atoms with Gasteiger partial charge >= 0.3 is 0 Å². The first kappa shape index (κ1) is 19.4. The summed E-state index contributed by atoms with van der Waals surface area (Å²) < 4.78 is 33.0. The average molecular weight is 388 g/mol. The van der Waals surface area contributed by atoms with Crippen LogP contribution < -0.4 is 14.8 Å². The highest BCUT2D eigenvalue weighted by Crippen LogP contribution is 2.21. The SMILES string of the molecule is Cc1ccccc1NC(=O)COc1ccc(S(=O)(=O)NC2CCCC2)cc1. The molecule has 2 aromatic rings. The van der Waals surface area contributed by atoms with Crippen molar-refractivity contribution in [3.8, 4) is 5.75 Å². The fraction of sp³-hybridized carbons (Fsp3) is 0.350. The molecule has 0 bridgehead atoms. The molecule has 1 aliphatic rings. The Kier molecular flexibility index (Phi) is 6.13. The normalized spacial score (nSPS) is 14.9. The molecule has 6 nitrogen and oxygen atoms in total. The maximum Gasteiger partial charge on any atom is 0.262 e. The van der Waals surface area contributed by atoms with Gasteiger partial charge in [-0.1, -0.05) is 31.0 Å². The molecule has 1 fully saturated rings. The van der Waals surface area contributed by atoms with E-state index in [1.807, 2.05) is 31.2 Å². The van der Waals surface area contributed by atoms with E-state index in [2.05, 4.69) is 10.0 Å². The lowest BCUT2D eigenvalue weighted by Crippen LogP contribution is -2.32. The van der Waals surface area contributed by atoms with Gasteiger partial charge in [-0.3, -0.25) is 4.79 Å². The Bertz CT molecular complexity index is 888. The van der Waals surface area contributed by atoms with Crippen molar-refractivity contribution < 1.29 is 17.9 Å². The number of sulfonamides is 1. The average Bonchev–Trinajstić information content (AvgIpc) is 3.14. The summed E-state index contributed by atoms with van der Waals surface area (Å²) in [6.07, 6.45) is 3.89. The van der Waals surface area contributed by atoms with Gasteiger partial charge < -0.3 is 10.1 Å². The molecule has 0 aliphatic heterocycles. The lowest BCUT2D eigenvalue weighted by atomic mass is 10.2. The second-order valence-electron chi connectivity index (χ2n) is 6.73. The lowest BCUT2D eigenvalue weighted by molar-refractivity contribution is -0.118. The maximum atomic E-state index is 12.4. The van der Waals surface area contributed by atoms with E-state index in [9.17, 15) is 13.2 Å². The van der Waals surface area contributed by atoms with E-state index in [0.29, 0.717) is 5.75 Å². The van der Waals surface area contributed by atoms with E-state index in [1.54, 1.807) is 12.1 Å². The van der Waals surface area contributed by atoms with Gasteiger partial charge in [0, 0.05) is 11.7 Å². The summed E-state index contributed by atoms with van der Waals surface area (Å²) in [5.74, 6) is 0.165. The van der Waals surface area contributed by atoms with Gasteiger partial charge in [0.2, 0.25) is 10.0 Å². The standard InChI is InChI=1S/C20H24N2O4S/c1-15-6-2-5-9-19(15)21-20(23)14-26-17-10-12-18(13-11-17)27(24,25)22-16-7-3-4-8-16/h2,5-6,9-13,16,22H,3-4,7-8,14H2,1H3,(H,21,23). The molecule has 0 saturated heterocycles. The van der Waals surface area contributed by atoms with Crippen LogP contribution in [0.2, 0.25) is 0 Å². The summed E-state index contributed by atoms with van der Waals surface area (Å²) in [6, 6.07) is 13.6. The van der Waals surface area contributed by atoms with Gasteiger partial charge in [0.1, 0.15) is 5.75 Å². The van der Waals surface area contributed by atoms with Gasteiger partial charge in [0.05, 0.1) is 4.90 Å². The molecule has 1 saturated carbocycles. The van der Waals surface area contributed by atoms with Crippen molar-refractivity contribution in [1.82, 2.24) is 4.72 Å². The van der Waals surface area contributed by atoms with Crippen LogP contribution in [0.25, 0.3) is 0 Å². The van der Waals surface area contributed by atoms with Crippen LogP contribution in [0.5, 0.6) is 5.75 Å². The summed E-state index contributed by atoms with van der Waals surface area (Å²) >= 11 is 0. The minimum atomic E-state index is -3.52. The number of hydrogen-bond donors (Lipinski definition) is 2. The second-order valence-corrected chi connectivity index (χ2v) is 8.44. The van der Waals surface area contributed by atoms with Crippen molar-refractivity contribution in [3.05, 3.63) is 54.1 Å². The molecule has 0 spiro atoms. The molecular weight excluding hydrogens is 364 g/mol. The molecule has 7 heteroatoms. The molecule has 2 N–H and O–H groups in total. The molecule has 0 unspecified atom stereocenters. The molecule has 2 aromatic carbocycles. The highest BCUT2D eigenvalue weighted by Gasteiger charge is 2.22. The molecule has 0 atom stereocenters. The predicted octanol–water partition coefficient (Wildman–Crippen LogP) is 3.23. The first-order valence-electron chi connectivity index (χ1n) is 9.05. The number of benzene rings is 2. The topological polar surface area (TPSA) is 84.5 Å². The first-order chi connectivity index (χ1) is 12.9. The van der Waals surface area contributed by atoms with Crippen molar-refractivity contribution in [2.45, 2.75) is 43.5 Å². The predicted molar refractivity (Wildman–Crippen MR) is 104 cm³/mol. The van der Waals surface area contributed by atoms with Crippen molar-refractivity contribution >= 4 is 21.6 Å². The zero-order valence-corrected chi connectivity index (χ0v) is 16.1. The Morgan fingerprint density at radius 2 is 1.74 bits per heavy atom. The van der Waals surface area contributed by atoms with Gasteiger partial charge in [-0.05, 0) is 55.7 Å². The third kappa shape index (κ3) is 5.30. The molecule has 144 valence electrons. The van der Waals surface area contributed by atoms with Gasteiger partial charge in [0.25, 0.3) is 5.91 Å². The van der Waals surface area contributed by atoms with Crippen LogP contribution in [0.15, 0.2) is 53.4 Å². The van der Waals surface area contributed by atoms with Gasteiger partial charge in [-0.25, -0.2) is 13.1 Å². The molecule has 27 heavy (non-hydrogen) atoms. The van der Waals surface area contributed by atoms with E-state index in [1.165, 1.54) is 12.1 Å². The first-order valence-corrected chi connectivity index (χ1v) is 10.5. The molecule has 0 aromatic heterocycles. The highest BCUT2D eigenvalue weighted by atomic mass is 32.2. The van der Waals surface area contributed by atoms with Gasteiger partial charge in [-0.2, -0.15) is 0 Å². The number of para-hydroxylation sites is 1. The van der Waals surface area contributed by atoms with Crippen LogP contribution in [0.1, 0.15) is 31.2 Å². The van der Waals surface area contributed by atoms with Crippen LogP contribution in [0, 0.1) is 6.92 Å². The Balaban J connectivity index is 1.54. The summed E-state index contributed by atoms with van der Waals surface area (Å²) in [7, 11) is -3.52. The van der Waals surface area contributed by atoms with Gasteiger partial charge in [0.15, 0.2) is 6.61 Å². The molecule has 0 radical (unpaired) electrons. The maximum absolute atomic E-state index is 12.4. The van der Waals surface area contributed by atoms with Crippen molar-refractivity contribution in [2.75, 3.05) is 11.9 Å². The van der Waals surface area contributed by atoms with E-state index < -0.39 is 10.0 Å². The number of anilines is 1. The fourth-order valence-electron chi connectivity index (χ4n) is 3.09. The largest absolute Gasteiger partial charge is 0.484 e. The number of nitrogens with one attached hydrogen (secondary N) is 2. The quantitative estimate of drug-likeness (QED) is 0.763. The number of rotatable bonds is 7. The Morgan fingerprint density at radius 3 is 2.41 bits per heavy atom. The minimum absolute atomic E-state index is 0.0241. The number of ether oxygens (including phenoxy) is 1. The van der Waals surface area contributed by atoms with E-state index in [0.717, 1.165) is 36.9 Å². The zero-order chi connectivity index (χ0) is 19.3. The van der Waals surface area contributed by atoms with Crippen LogP contribution in [-0.2, 0) is 14.8 Å². The van der Waals surface area contributed by atoms with Crippen molar-refractivity contribution in [2.24, 2.45) is 0 Å². The van der Waals surface area contributed by atoms with Crippen LogP contribution in [0.4, 0.5) is 5.69 Å². The number of carbonyl (C=O) groups excluding carboxylic acids is 1. The number of carbonyl (C=O) groups is 1. The molecule has 1 aliphatic carbocycles. The Morgan fingerprint density at radius 1 is 1.07 bits per heavy atom. The minimum Gasteiger partial charge on any atom is -0.484 e. The summed E-state index contributed by atoms with van der Waals surface area (Å²) in [4.78, 5) is 12.2. The number of amides is 1. The van der Waals surface area contributed by atoms with Crippen molar-refractivity contribution in [1.29, 1.82) is 0 Å². The fourth-order valence-corrected chi connectivity index (χ4v) is 4.40. The third-order valence-electron chi connectivity index (χ3n) is 4.60. The van der Waals surface area contributed by atoms with Crippen LogP contribution in [0.3, 0.4) is 0 Å². The zero-order valence-electron chi connectivity index (χ0n) is 15.3. The molecule has 0 heterocycles. The smallest absolute Gasteiger partial charge is 0.262 e.